The molecule has 2 unspecified atom stereocenters. The van der Waals surface area contributed by atoms with Crippen LogP contribution in [-0.2, 0) is 4.74 Å². The van der Waals surface area contributed by atoms with Gasteiger partial charge >= 0.3 is 0 Å². The van der Waals surface area contributed by atoms with E-state index in [0.717, 1.165) is 13.1 Å². The highest BCUT2D eigenvalue weighted by molar-refractivity contribution is 4.99. The summed E-state index contributed by atoms with van der Waals surface area (Å²) in [6.07, 6.45) is -0.138. The normalized spacial score (nSPS) is 15.5. The second-order valence-electron chi connectivity index (χ2n) is 5.90. The summed E-state index contributed by atoms with van der Waals surface area (Å²) >= 11 is 0. The maximum atomic E-state index is 5.77. The first kappa shape index (κ1) is 16.1. The molecule has 1 aromatic heterocycles. The molecular formula is C14H27N3O2. The van der Waals surface area contributed by atoms with Crippen LogP contribution in [-0.4, -0.2) is 29.8 Å². The Morgan fingerprint density at radius 3 is 2.53 bits per heavy atom. The molecule has 0 spiro atoms. The van der Waals surface area contributed by atoms with Crippen molar-refractivity contribution in [3.63, 3.8) is 0 Å². The molecule has 5 heteroatoms. The minimum absolute atomic E-state index is 0.0535. The SMILES string of the molecule is CCNCC(C)c1nc(C(OCC)C(C)(C)C)no1. The third-order valence-electron chi connectivity index (χ3n) is 2.93. The molecule has 19 heavy (non-hydrogen) atoms. The fourth-order valence-corrected chi connectivity index (χ4v) is 1.88. The zero-order valence-corrected chi connectivity index (χ0v) is 13.0. The molecule has 0 aliphatic heterocycles. The van der Waals surface area contributed by atoms with Crippen LogP contribution in [0.2, 0.25) is 0 Å². The van der Waals surface area contributed by atoms with Crippen LogP contribution in [0.3, 0.4) is 0 Å². The fourth-order valence-electron chi connectivity index (χ4n) is 1.88. The highest BCUT2D eigenvalue weighted by Crippen LogP contribution is 2.34. The zero-order chi connectivity index (χ0) is 14.5. The first-order valence-electron chi connectivity index (χ1n) is 7.05. The van der Waals surface area contributed by atoms with Gasteiger partial charge in [0.05, 0.1) is 0 Å². The number of likely N-dealkylation sites (N-methyl/N-ethyl adjacent to an activating group) is 1. The van der Waals surface area contributed by atoms with Crippen LogP contribution >= 0.6 is 0 Å². The first-order chi connectivity index (χ1) is 8.90. The van der Waals surface area contributed by atoms with Crippen molar-refractivity contribution in [2.45, 2.75) is 53.6 Å². The lowest BCUT2D eigenvalue weighted by Crippen LogP contribution is -2.23. The Morgan fingerprint density at radius 1 is 1.32 bits per heavy atom. The Bertz CT molecular complexity index is 371. The van der Waals surface area contributed by atoms with Crippen molar-refractivity contribution in [2.75, 3.05) is 19.7 Å². The molecule has 0 saturated carbocycles. The number of aromatic nitrogens is 2. The van der Waals surface area contributed by atoms with E-state index in [9.17, 15) is 0 Å². The van der Waals surface area contributed by atoms with Gasteiger partial charge in [-0.3, -0.25) is 0 Å². The highest BCUT2D eigenvalue weighted by Gasteiger charge is 2.31. The second kappa shape index (κ2) is 7.01. The third-order valence-corrected chi connectivity index (χ3v) is 2.93. The number of nitrogens with zero attached hydrogens (tertiary/aromatic N) is 2. The molecule has 110 valence electrons. The molecule has 5 nitrogen and oxygen atoms in total. The molecule has 0 fully saturated rings. The van der Waals surface area contributed by atoms with Crippen LogP contribution in [0.5, 0.6) is 0 Å². The fraction of sp³-hybridized carbons (Fsp3) is 0.857. The summed E-state index contributed by atoms with van der Waals surface area (Å²) in [5.74, 6) is 1.53. The van der Waals surface area contributed by atoms with Gasteiger partial charge in [-0.15, -0.1) is 0 Å². The molecule has 0 radical (unpaired) electrons. The van der Waals surface area contributed by atoms with Crippen LogP contribution in [0, 0.1) is 5.41 Å². The average molecular weight is 269 g/mol. The first-order valence-corrected chi connectivity index (χ1v) is 7.05. The molecule has 0 saturated heterocycles. The number of rotatable bonds is 7. The van der Waals surface area contributed by atoms with Crippen LogP contribution < -0.4 is 5.32 Å². The van der Waals surface area contributed by atoms with Crippen molar-refractivity contribution in [1.29, 1.82) is 0 Å². The number of nitrogens with one attached hydrogen (secondary N) is 1. The molecule has 1 heterocycles. The quantitative estimate of drug-likeness (QED) is 0.824. The topological polar surface area (TPSA) is 60.2 Å². The van der Waals surface area contributed by atoms with Crippen molar-refractivity contribution in [2.24, 2.45) is 5.41 Å². The van der Waals surface area contributed by atoms with Gasteiger partial charge in [0.1, 0.15) is 6.10 Å². The van der Waals surface area contributed by atoms with E-state index in [1.807, 2.05) is 6.92 Å². The summed E-state index contributed by atoms with van der Waals surface area (Å²) in [6, 6.07) is 0. The number of hydrogen-bond donors (Lipinski definition) is 1. The molecule has 0 bridgehead atoms. The lowest BCUT2D eigenvalue weighted by atomic mass is 9.88. The molecule has 1 rings (SSSR count). The van der Waals surface area contributed by atoms with Crippen LogP contribution in [0.4, 0.5) is 0 Å². The Morgan fingerprint density at radius 2 is 2.00 bits per heavy atom. The van der Waals surface area contributed by atoms with E-state index in [0.29, 0.717) is 18.3 Å². The van der Waals surface area contributed by atoms with Gasteiger partial charge in [0, 0.05) is 19.1 Å². The van der Waals surface area contributed by atoms with E-state index in [2.05, 4.69) is 50.1 Å². The predicted octanol–water partition coefficient (Wildman–Crippen LogP) is 2.91. The van der Waals surface area contributed by atoms with E-state index in [1.54, 1.807) is 0 Å². The van der Waals surface area contributed by atoms with Gasteiger partial charge in [0.2, 0.25) is 11.7 Å². The van der Waals surface area contributed by atoms with Gasteiger partial charge in [-0.25, -0.2) is 0 Å². The summed E-state index contributed by atoms with van der Waals surface area (Å²) in [4.78, 5) is 4.51. The minimum Gasteiger partial charge on any atom is -0.370 e. The van der Waals surface area contributed by atoms with E-state index < -0.39 is 0 Å². The van der Waals surface area contributed by atoms with Gasteiger partial charge in [-0.1, -0.05) is 39.8 Å². The molecule has 0 aromatic carbocycles. The lowest BCUT2D eigenvalue weighted by Gasteiger charge is -2.27. The Balaban J connectivity index is 2.81. The van der Waals surface area contributed by atoms with E-state index in [1.165, 1.54) is 0 Å². The Kier molecular flexibility index (Phi) is 5.94. The van der Waals surface area contributed by atoms with Crippen molar-refractivity contribution in [1.82, 2.24) is 15.5 Å². The predicted molar refractivity (Wildman–Crippen MR) is 75.1 cm³/mol. The smallest absolute Gasteiger partial charge is 0.230 e. The van der Waals surface area contributed by atoms with Gasteiger partial charge in [-0.05, 0) is 18.9 Å². The summed E-state index contributed by atoms with van der Waals surface area (Å²) in [5, 5.41) is 7.37. The van der Waals surface area contributed by atoms with Crippen molar-refractivity contribution >= 4 is 0 Å². The molecule has 2 atom stereocenters. The van der Waals surface area contributed by atoms with Crippen molar-refractivity contribution in [3.05, 3.63) is 11.7 Å². The lowest BCUT2D eigenvalue weighted by molar-refractivity contribution is -0.0203. The van der Waals surface area contributed by atoms with Crippen molar-refractivity contribution in [3.8, 4) is 0 Å². The standard InChI is InChI=1S/C14H27N3O2/c1-7-15-9-10(3)13-16-12(17-19-13)11(18-8-2)14(4,5)6/h10-11,15H,7-9H2,1-6H3. The number of ether oxygens (including phenoxy) is 1. The molecular weight excluding hydrogens is 242 g/mol. The summed E-state index contributed by atoms with van der Waals surface area (Å²) in [6.45, 7) is 14.9. The third kappa shape index (κ3) is 4.58. The maximum absolute atomic E-state index is 5.77. The monoisotopic (exact) mass is 269 g/mol. The summed E-state index contributed by atoms with van der Waals surface area (Å²) in [5.41, 5.74) is -0.0535. The molecule has 1 N–H and O–H groups in total. The molecule has 0 aliphatic carbocycles. The summed E-state index contributed by atoms with van der Waals surface area (Å²) in [7, 11) is 0. The van der Waals surface area contributed by atoms with Gasteiger partial charge in [-0.2, -0.15) is 4.98 Å². The second-order valence-corrected chi connectivity index (χ2v) is 5.90. The van der Waals surface area contributed by atoms with Crippen molar-refractivity contribution < 1.29 is 9.26 Å². The Labute approximate surface area is 116 Å². The molecule has 1 aromatic rings. The van der Waals surface area contributed by atoms with E-state index in [-0.39, 0.29) is 17.4 Å². The molecule has 0 amide bonds. The largest absolute Gasteiger partial charge is 0.370 e. The molecule has 0 aliphatic rings. The summed E-state index contributed by atoms with van der Waals surface area (Å²) < 4.78 is 11.1. The average Bonchev–Trinajstić information content (AvgIpc) is 2.80. The Hall–Kier alpha value is -0.940. The van der Waals surface area contributed by atoms with Crippen LogP contribution in [0.15, 0.2) is 4.52 Å². The zero-order valence-electron chi connectivity index (χ0n) is 13.0. The minimum atomic E-state index is -0.138. The highest BCUT2D eigenvalue weighted by atomic mass is 16.5. The number of hydrogen-bond acceptors (Lipinski definition) is 5. The van der Waals surface area contributed by atoms with Crippen LogP contribution in [0.1, 0.15) is 65.3 Å². The van der Waals surface area contributed by atoms with Gasteiger partial charge in [0.15, 0.2) is 0 Å². The van der Waals surface area contributed by atoms with E-state index >= 15 is 0 Å². The van der Waals surface area contributed by atoms with Gasteiger partial charge in [0.25, 0.3) is 0 Å². The van der Waals surface area contributed by atoms with Crippen LogP contribution in [0.25, 0.3) is 0 Å². The van der Waals surface area contributed by atoms with E-state index in [4.69, 9.17) is 9.26 Å². The van der Waals surface area contributed by atoms with Gasteiger partial charge < -0.3 is 14.6 Å². The maximum Gasteiger partial charge on any atom is 0.230 e.